The van der Waals surface area contributed by atoms with E-state index in [-0.39, 0.29) is 29.7 Å². The minimum absolute atomic E-state index is 0.0207. The number of benzene rings is 1. The lowest BCUT2D eigenvalue weighted by atomic mass is 9.88. The van der Waals surface area contributed by atoms with Crippen LogP contribution in [0.3, 0.4) is 0 Å². The molecule has 3 N–H and O–H groups in total. The number of nitrogen functional groups attached to an aromatic ring is 1. The van der Waals surface area contributed by atoms with Gasteiger partial charge in [0, 0.05) is 56.9 Å². The van der Waals surface area contributed by atoms with Crippen LogP contribution in [0.25, 0.3) is 0 Å². The van der Waals surface area contributed by atoms with Crippen LogP contribution in [-0.2, 0) is 19.8 Å². The normalized spacial score (nSPS) is 25.9. The molecule has 2 aromatic rings. The molecule has 1 atom stereocenters. The molecule has 5 heterocycles. The number of anilines is 4. The first-order valence-electron chi connectivity index (χ1n) is 13.6. The van der Waals surface area contributed by atoms with Crippen molar-refractivity contribution in [2.24, 2.45) is 0 Å². The maximum Gasteiger partial charge on any atom is 0.249 e. The number of fused-ring (bicyclic) bond motifs is 2. The number of piperazine rings is 1. The van der Waals surface area contributed by atoms with E-state index in [0.29, 0.717) is 12.2 Å². The van der Waals surface area contributed by atoms with Gasteiger partial charge in [-0.2, -0.15) is 0 Å². The van der Waals surface area contributed by atoms with Crippen LogP contribution in [0.15, 0.2) is 36.5 Å². The Morgan fingerprint density at radius 2 is 1.71 bits per heavy atom. The first-order valence-corrected chi connectivity index (χ1v) is 13.6. The van der Waals surface area contributed by atoms with Crippen LogP contribution in [0.1, 0.15) is 38.2 Å². The summed E-state index contributed by atoms with van der Waals surface area (Å²) in [4.78, 5) is 51.4. The van der Waals surface area contributed by atoms with E-state index in [1.807, 2.05) is 30.5 Å². The van der Waals surface area contributed by atoms with Crippen molar-refractivity contribution in [2.45, 2.75) is 49.6 Å². The van der Waals surface area contributed by atoms with Gasteiger partial charge in [-0.3, -0.25) is 29.5 Å². The van der Waals surface area contributed by atoms with Crippen molar-refractivity contribution in [3.05, 3.63) is 42.1 Å². The van der Waals surface area contributed by atoms with Crippen molar-refractivity contribution < 1.29 is 14.4 Å². The third-order valence-electron chi connectivity index (χ3n) is 9.24. The fourth-order valence-electron chi connectivity index (χ4n) is 6.99. The molecule has 1 aliphatic carbocycles. The number of rotatable bonds is 4. The number of nitrogens with zero attached hydrogens (tertiary/aromatic N) is 5. The number of carbonyl (C=O) groups is 3. The highest BCUT2D eigenvalue weighted by atomic mass is 16.2. The summed E-state index contributed by atoms with van der Waals surface area (Å²) in [6.07, 6.45) is 4.10. The average molecular weight is 516 g/mol. The maximum atomic E-state index is 13.7. The third kappa shape index (κ3) is 3.42. The number of imide groups is 1. The Morgan fingerprint density at radius 3 is 2.37 bits per heavy atom. The molecule has 10 heteroatoms. The minimum atomic E-state index is -0.621. The summed E-state index contributed by atoms with van der Waals surface area (Å²) < 4.78 is 0. The predicted octanol–water partition coefficient (Wildman–Crippen LogP) is 1.25. The SMILES string of the molecule is CC1(N2CCN(c3cccc4c3C3(CC3)C(=O)N4C3CCC(=O)NC3=O)CC2)CN(c2ccc(N)nc2)C1. The van der Waals surface area contributed by atoms with Crippen LogP contribution in [0, 0.1) is 0 Å². The molecule has 7 rings (SSSR count). The van der Waals surface area contributed by atoms with E-state index < -0.39 is 11.5 Å². The summed E-state index contributed by atoms with van der Waals surface area (Å²) in [5.41, 5.74) is 9.50. The molecule has 1 aromatic heterocycles. The number of aromatic nitrogens is 1. The Labute approximate surface area is 221 Å². The molecule has 198 valence electrons. The zero-order chi connectivity index (χ0) is 26.2. The fraction of sp³-hybridized carbons (Fsp3) is 0.500. The Kier molecular flexibility index (Phi) is 5.04. The van der Waals surface area contributed by atoms with Gasteiger partial charge in [-0.25, -0.2) is 4.98 Å². The number of piperidine rings is 1. The highest BCUT2D eigenvalue weighted by Crippen LogP contribution is 2.61. The van der Waals surface area contributed by atoms with Gasteiger partial charge in [0.05, 0.1) is 28.5 Å². The van der Waals surface area contributed by atoms with Crippen LogP contribution < -0.4 is 25.8 Å². The largest absolute Gasteiger partial charge is 0.384 e. The number of hydrogen-bond donors (Lipinski definition) is 2. The number of hydrogen-bond acceptors (Lipinski definition) is 8. The first-order chi connectivity index (χ1) is 18.3. The van der Waals surface area contributed by atoms with Crippen LogP contribution in [0.4, 0.5) is 22.9 Å². The molecular formula is C28H33N7O3. The van der Waals surface area contributed by atoms with Crippen LogP contribution in [0.5, 0.6) is 0 Å². The van der Waals surface area contributed by atoms with Crippen LogP contribution >= 0.6 is 0 Å². The summed E-state index contributed by atoms with van der Waals surface area (Å²) in [6, 6.07) is 9.36. The molecule has 38 heavy (non-hydrogen) atoms. The molecule has 5 aliphatic rings. The molecule has 4 fully saturated rings. The van der Waals surface area contributed by atoms with Gasteiger partial charge in [-0.05, 0) is 50.5 Å². The highest BCUT2D eigenvalue weighted by Gasteiger charge is 2.62. The molecular weight excluding hydrogens is 482 g/mol. The van der Waals surface area contributed by atoms with Crippen LogP contribution in [-0.4, -0.2) is 78.5 Å². The predicted molar refractivity (Wildman–Crippen MR) is 144 cm³/mol. The number of pyridine rings is 1. The topological polar surface area (TPSA) is 115 Å². The lowest BCUT2D eigenvalue weighted by Gasteiger charge is -2.57. The minimum Gasteiger partial charge on any atom is -0.384 e. The lowest BCUT2D eigenvalue weighted by Crippen LogP contribution is -2.71. The van der Waals surface area contributed by atoms with E-state index in [1.165, 1.54) is 0 Å². The van der Waals surface area contributed by atoms with Crippen molar-refractivity contribution in [2.75, 3.05) is 59.7 Å². The molecule has 3 amide bonds. The van der Waals surface area contributed by atoms with Crippen molar-refractivity contribution in [3.63, 3.8) is 0 Å². The molecule has 1 aromatic carbocycles. The van der Waals surface area contributed by atoms with Crippen molar-refractivity contribution in [1.29, 1.82) is 0 Å². The summed E-state index contributed by atoms with van der Waals surface area (Å²) in [6.45, 7) is 7.92. The molecule has 0 radical (unpaired) electrons. The highest BCUT2D eigenvalue weighted by molar-refractivity contribution is 6.16. The van der Waals surface area contributed by atoms with Crippen molar-refractivity contribution in [1.82, 2.24) is 15.2 Å². The van der Waals surface area contributed by atoms with E-state index in [1.54, 1.807) is 4.90 Å². The molecule has 1 saturated carbocycles. The first kappa shape index (κ1) is 23.5. The summed E-state index contributed by atoms with van der Waals surface area (Å²) in [7, 11) is 0. The number of nitrogens with two attached hydrogens (primary N) is 1. The molecule has 0 bridgehead atoms. The Morgan fingerprint density at radius 1 is 0.974 bits per heavy atom. The number of carbonyl (C=O) groups excluding carboxylic acids is 3. The van der Waals surface area contributed by atoms with E-state index in [9.17, 15) is 14.4 Å². The van der Waals surface area contributed by atoms with Crippen molar-refractivity contribution >= 4 is 40.6 Å². The maximum absolute atomic E-state index is 13.7. The van der Waals surface area contributed by atoms with E-state index >= 15 is 0 Å². The Bertz CT molecular complexity index is 1320. The van der Waals surface area contributed by atoms with Gasteiger partial charge < -0.3 is 15.5 Å². The molecule has 1 spiro atoms. The van der Waals surface area contributed by atoms with Gasteiger partial charge in [0.2, 0.25) is 17.7 Å². The van der Waals surface area contributed by atoms with Gasteiger partial charge >= 0.3 is 0 Å². The number of nitrogens with one attached hydrogen (secondary N) is 1. The smallest absolute Gasteiger partial charge is 0.249 e. The Hall–Kier alpha value is -3.66. The van der Waals surface area contributed by atoms with Gasteiger partial charge in [0.1, 0.15) is 11.9 Å². The third-order valence-corrected chi connectivity index (χ3v) is 9.24. The van der Waals surface area contributed by atoms with Gasteiger partial charge in [-0.15, -0.1) is 0 Å². The quantitative estimate of drug-likeness (QED) is 0.585. The zero-order valence-electron chi connectivity index (χ0n) is 21.7. The molecule has 3 saturated heterocycles. The zero-order valence-corrected chi connectivity index (χ0v) is 21.7. The Balaban J connectivity index is 1.08. The van der Waals surface area contributed by atoms with Gasteiger partial charge in [0.15, 0.2) is 0 Å². The van der Waals surface area contributed by atoms with E-state index in [2.05, 4.69) is 38.0 Å². The summed E-state index contributed by atoms with van der Waals surface area (Å²) in [5, 5.41) is 2.43. The summed E-state index contributed by atoms with van der Waals surface area (Å²) >= 11 is 0. The second-order valence-corrected chi connectivity index (χ2v) is 11.7. The standard InChI is InChI=1S/C28H33N7O3/c1-27(16-33(17-27)18-5-7-22(29)30-15-18)34-13-11-32(12-14-34)19-3-2-4-20-24(19)28(9-10-28)26(38)35(20)21-6-8-23(36)31-25(21)37/h2-5,7,15,21H,6,8-14,16-17H2,1H3,(H2,29,30)(H,31,36,37). The second kappa shape index (κ2) is 8.17. The fourth-order valence-corrected chi connectivity index (χ4v) is 6.99. The van der Waals surface area contributed by atoms with Gasteiger partial charge in [0.25, 0.3) is 0 Å². The monoisotopic (exact) mass is 515 g/mol. The van der Waals surface area contributed by atoms with E-state index in [4.69, 9.17) is 5.73 Å². The van der Waals surface area contributed by atoms with Crippen LogP contribution in [0.2, 0.25) is 0 Å². The van der Waals surface area contributed by atoms with Crippen molar-refractivity contribution in [3.8, 4) is 0 Å². The van der Waals surface area contributed by atoms with E-state index in [0.717, 1.165) is 74.7 Å². The molecule has 4 aliphatic heterocycles. The molecule has 1 unspecified atom stereocenters. The lowest BCUT2D eigenvalue weighted by molar-refractivity contribution is -0.135. The van der Waals surface area contributed by atoms with Gasteiger partial charge in [-0.1, -0.05) is 6.07 Å². The summed E-state index contributed by atoms with van der Waals surface area (Å²) in [5.74, 6) is -0.0723. The average Bonchev–Trinajstić information content (AvgIpc) is 3.66. The number of amides is 3. The second-order valence-electron chi connectivity index (χ2n) is 11.7. The molecule has 10 nitrogen and oxygen atoms in total.